The molecule has 2 aromatic rings. The summed E-state index contributed by atoms with van der Waals surface area (Å²) in [7, 11) is 3.84. The first kappa shape index (κ1) is 16.0. The Bertz CT molecular complexity index is 650. The summed E-state index contributed by atoms with van der Waals surface area (Å²) in [6.45, 7) is 1.36. The van der Waals surface area contributed by atoms with Gasteiger partial charge in [0.2, 0.25) is 5.95 Å². The third kappa shape index (κ3) is 4.04. The van der Waals surface area contributed by atoms with Crippen molar-refractivity contribution in [2.24, 2.45) is 0 Å². The fourth-order valence-electron chi connectivity index (χ4n) is 1.59. The van der Waals surface area contributed by atoms with Crippen molar-refractivity contribution in [1.82, 2.24) is 20.1 Å². The molecule has 0 aliphatic carbocycles. The van der Waals surface area contributed by atoms with Crippen LogP contribution in [0.15, 0.2) is 18.3 Å². The van der Waals surface area contributed by atoms with Crippen LogP contribution in [0, 0.1) is 17.5 Å². The lowest BCUT2D eigenvalue weighted by Crippen LogP contribution is -2.21. The number of benzene rings is 1. The van der Waals surface area contributed by atoms with Crippen molar-refractivity contribution < 1.29 is 13.2 Å². The Morgan fingerprint density at radius 1 is 1.14 bits per heavy atom. The molecule has 118 valence electrons. The van der Waals surface area contributed by atoms with Gasteiger partial charge in [0.25, 0.3) is 0 Å². The van der Waals surface area contributed by atoms with E-state index in [0.717, 1.165) is 18.7 Å². The monoisotopic (exact) mass is 312 g/mol. The lowest BCUT2D eigenvalue weighted by Gasteiger charge is -2.11. The second kappa shape index (κ2) is 7.03. The Morgan fingerprint density at radius 2 is 1.91 bits per heavy atom. The summed E-state index contributed by atoms with van der Waals surface area (Å²) < 4.78 is 39.6. The molecular formula is C13H15F3N6. The molecule has 0 amide bonds. The zero-order chi connectivity index (χ0) is 16.1. The minimum absolute atomic E-state index is 0.160. The first-order valence-corrected chi connectivity index (χ1v) is 6.46. The van der Waals surface area contributed by atoms with Gasteiger partial charge in [0, 0.05) is 13.1 Å². The number of hydrogen-bond donors (Lipinski definition) is 2. The van der Waals surface area contributed by atoms with Crippen LogP contribution < -0.4 is 10.6 Å². The molecule has 9 heteroatoms. The van der Waals surface area contributed by atoms with Crippen LogP contribution in [0.1, 0.15) is 0 Å². The summed E-state index contributed by atoms with van der Waals surface area (Å²) in [5.41, 5.74) is -0.237. The van der Waals surface area contributed by atoms with Crippen LogP contribution in [0.4, 0.5) is 30.6 Å². The molecule has 0 saturated carbocycles. The van der Waals surface area contributed by atoms with E-state index >= 15 is 0 Å². The van der Waals surface area contributed by atoms with Gasteiger partial charge >= 0.3 is 0 Å². The van der Waals surface area contributed by atoms with Crippen LogP contribution in [-0.4, -0.2) is 47.3 Å². The molecule has 0 radical (unpaired) electrons. The maximum Gasteiger partial charge on any atom is 0.244 e. The maximum absolute atomic E-state index is 13.6. The van der Waals surface area contributed by atoms with E-state index in [2.05, 4.69) is 25.8 Å². The van der Waals surface area contributed by atoms with Gasteiger partial charge in [0.05, 0.1) is 11.9 Å². The molecule has 0 spiro atoms. The van der Waals surface area contributed by atoms with Crippen LogP contribution in [0.3, 0.4) is 0 Å². The SMILES string of the molecule is CN(C)CCNc1nncc(Nc2ccc(F)c(F)c2F)n1. The lowest BCUT2D eigenvalue weighted by atomic mass is 10.3. The summed E-state index contributed by atoms with van der Waals surface area (Å²) in [6, 6.07) is 1.90. The molecule has 0 atom stereocenters. The van der Waals surface area contributed by atoms with Crippen molar-refractivity contribution >= 4 is 17.5 Å². The van der Waals surface area contributed by atoms with E-state index in [1.54, 1.807) is 0 Å². The van der Waals surface area contributed by atoms with E-state index in [-0.39, 0.29) is 17.5 Å². The first-order chi connectivity index (χ1) is 10.5. The Labute approximate surface area is 125 Å². The van der Waals surface area contributed by atoms with Crippen molar-refractivity contribution in [1.29, 1.82) is 0 Å². The number of halogens is 3. The quantitative estimate of drug-likeness (QED) is 0.796. The van der Waals surface area contributed by atoms with Gasteiger partial charge in [-0.2, -0.15) is 10.1 Å². The van der Waals surface area contributed by atoms with E-state index in [9.17, 15) is 13.2 Å². The van der Waals surface area contributed by atoms with Crippen molar-refractivity contribution in [2.75, 3.05) is 37.8 Å². The zero-order valence-corrected chi connectivity index (χ0v) is 12.1. The molecule has 22 heavy (non-hydrogen) atoms. The number of likely N-dealkylation sites (N-methyl/N-ethyl adjacent to an activating group) is 1. The van der Waals surface area contributed by atoms with Crippen LogP contribution >= 0.6 is 0 Å². The number of hydrogen-bond acceptors (Lipinski definition) is 6. The molecule has 2 N–H and O–H groups in total. The average molecular weight is 312 g/mol. The molecule has 0 unspecified atom stereocenters. The van der Waals surface area contributed by atoms with Gasteiger partial charge in [-0.3, -0.25) is 0 Å². The number of aromatic nitrogens is 3. The molecule has 0 fully saturated rings. The van der Waals surface area contributed by atoms with Gasteiger partial charge in [0.15, 0.2) is 23.3 Å². The lowest BCUT2D eigenvalue weighted by molar-refractivity contribution is 0.425. The standard InChI is InChI=1S/C13H15F3N6/c1-22(2)6-5-17-13-20-10(7-18-21-13)19-9-4-3-8(14)11(15)12(9)16/h3-4,7H,5-6H2,1-2H3,(H2,17,19,20,21). The van der Waals surface area contributed by atoms with Crippen LogP contribution in [-0.2, 0) is 0 Å². The molecule has 0 aliphatic rings. The second-order valence-electron chi connectivity index (χ2n) is 4.74. The summed E-state index contributed by atoms with van der Waals surface area (Å²) >= 11 is 0. The molecule has 1 heterocycles. The predicted octanol–water partition coefficient (Wildman–Crippen LogP) is 2.01. The van der Waals surface area contributed by atoms with Gasteiger partial charge in [-0.25, -0.2) is 13.2 Å². The van der Waals surface area contributed by atoms with Crippen LogP contribution in [0.5, 0.6) is 0 Å². The minimum atomic E-state index is -1.55. The van der Waals surface area contributed by atoms with Crippen molar-refractivity contribution in [3.63, 3.8) is 0 Å². The van der Waals surface area contributed by atoms with Gasteiger partial charge in [-0.15, -0.1) is 5.10 Å². The zero-order valence-electron chi connectivity index (χ0n) is 12.1. The van der Waals surface area contributed by atoms with E-state index in [0.29, 0.717) is 6.54 Å². The fourth-order valence-corrected chi connectivity index (χ4v) is 1.59. The van der Waals surface area contributed by atoms with Crippen molar-refractivity contribution in [3.05, 3.63) is 35.8 Å². The Hall–Kier alpha value is -2.42. The molecule has 1 aromatic heterocycles. The number of anilines is 3. The van der Waals surface area contributed by atoms with Gasteiger partial charge in [-0.05, 0) is 26.2 Å². The highest BCUT2D eigenvalue weighted by Gasteiger charge is 2.14. The average Bonchev–Trinajstić information content (AvgIpc) is 2.48. The van der Waals surface area contributed by atoms with Gasteiger partial charge in [-0.1, -0.05) is 0 Å². The summed E-state index contributed by atoms with van der Waals surface area (Å²) in [5, 5.41) is 13.0. The van der Waals surface area contributed by atoms with Crippen molar-refractivity contribution in [3.8, 4) is 0 Å². The topological polar surface area (TPSA) is 66.0 Å². The summed E-state index contributed by atoms with van der Waals surface area (Å²) in [6.07, 6.45) is 1.25. The van der Waals surface area contributed by atoms with E-state index < -0.39 is 17.5 Å². The Balaban J connectivity index is 2.09. The Morgan fingerprint density at radius 3 is 2.64 bits per heavy atom. The first-order valence-electron chi connectivity index (χ1n) is 6.46. The predicted molar refractivity (Wildman–Crippen MR) is 76.5 cm³/mol. The normalized spacial score (nSPS) is 10.8. The van der Waals surface area contributed by atoms with Gasteiger partial charge in [0.1, 0.15) is 0 Å². The number of rotatable bonds is 6. The molecule has 0 saturated heterocycles. The highest BCUT2D eigenvalue weighted by Crippen LogP contribution is 2.22. The molecular weight excluding hydrogens is 297 g/mol. The third-order valence-corrected chi connectivity index (χ3v) is 2.70. The molecule has 0 aliphatic heterocycles. The van der Waals surface area contributed by atoms with Crippen LogP contribution in [0.2, 0.25) is 0 Å². The largest absolute Gasteiger partial charge is 0.352 e. The van der Waals surface area contributed by atoms with Gasteiger partial charge < -0.3 is 15.5 Å². The number of nitrogens with one attached hydrogen (secondary N) is 2. The number of nitrogens with zero attached hydrogens (tertiary/aromatic N) is 4. The minimum Gasteiger partial charge on any atom is -0.352 e. The highest BCUT2D eigenvalue weighted by atomic mass is 19.2. The van der Waals surface area contributed by atoms with E-state index in [1.165, 1.54) is 6.20 Å². The van der Waals surface area contributed by atoms with Crippen LogP contribution in [0.25, 0.3) is 0 Å². The van der Waals surface area contributed by atoms with Crippen molar-refractivity contribution in [2.45, 2.75) is 0 Å². The summed E-state index contributed by atoms with van der Waals surface area (Å²) in [5.74, 6) is -3.71. The fraction of sp³-hybridized carbons (Fsp3) is 0.308. The smallest absolute Gasteiger partial charge is 0.244 e. The molecule has 1 aromatic carbocycles. The third-order valence-electron chi connectivity index (χ3n) is 2.70. The molecule has 0 bridgehead atoms. The summed E-state index contributed by atoms with van der Waals surface area (Å²) in [4.78, 5) is 6.03. The second-order valence-corrected chi connectivity index (χ2v) is 4.74. The Kier molecular flexibility index (Phi) is 5.10. The van der Waals surface area contributed by atoms with E-state index in [1.807, 2.05) is 19.0 Å². The molecule has 6 nitrogen and oxygen atoms in total. The molecule has 2 rings (SSSR count). The van der Waals surface area contributed by atoms with E-state index in [4.69, 9.17) is 0 Å². The highest BCUT2D eigenvalue weighted by molar-refractivity contribution is 5.57. The maximum atomic E-state index is 13.6.